The normalized spacial score (nSPS) is 20.9. The maximum atomic E-state index is 12.2. The van der Waals surface area contributed by atoms with Gasteiger partial charge in [-0.3, -0.25) is 4.90 Å². The smallest absolute Gasteiger partial charge is 0.410 e. The Bertz CT molecular complexity index is 471. The lowest BCUT2D eigenvalue weighted by atomic mass is 10.1. The molecule has 0 N–H and O–H groups in total. The summed E-state index contributed by atoms with van der Waals surface area (Å²) in [4.78, 5) is 16.6. The van der Waals surface area contributed by atoms with Crippen molar-refractivity contribution in [2.45, 2.75) is 31.9 Å². The Morgan fingerprint density at radius 3 is 2.65 bits per heavy atom. The van der Waals surface area contributed by atoms with Crippen molar-refractivity contribution >= 4 is 6.09 Å². The minimum Gasteiger partial charge on any atom is -0.445 e. The van der Waals surface area contributed by atoms with Crippen LogP contribution in [0.3, 0.4) is 0 Å². The number of hydrogen-bond acceptors (Lipinski definition) is 3. The molecule has 4 heteroatoms. The number of piperazine rings is 1. The quantitative estimate of drug-likeness (QED) is 0.849. The summed E-state index contributed by atoms with van der Waals surface area (Å²) in [7, 11) is 0. The Hall–Kier alpha value is -1.55. The molecule has 1 spiro atoms. The standard InChI is InChI=1S/C16H22N2O2/c1-2-18-11-10-17(13-16(18)8-9-16)15(19)20-12-14-6-4-3-5-7-14/h3-7H,2,8-13H2,1H3. The van der Waals surface area contributed by atoms with Crippen LogP contribution in [0.4, 0.5) is 4.79 Å². The fourth-order valence-corrected chi connectivity index (χ4v) is 3.09. The lowest BCUT2D eigenvalue weighted by molar-refractivity contribution is 0.0405. The Labute approximate surface area is 120 Å². The van der Waals surface area contributed by atoms with E-state index in [0.29, 0.717) is 6.61 Å². The molecular weight excluding hydrogens is 252 g/mol. The van der Waals surface area contributed by atoms with Crippen LogP contribution in [0.1, 0.15) is 25.3 Å². The fourth-order valence-electron chi connectivity index (χ4n) is 3.09. The van der Waals surface area contributed by atoms with Gasteiger partial charge in [-0.25, -0.2) is 4.79 Å². The number of carbonyl (C=O) groups excluding carboxylic acids is 1. The molecule has 3 rings (SSSR count). The highest BCUT2D eigenvalue weighted by Gasteiger charge is 2.51. The van der Waals surface area contributed by atoms with Crippen molar-refractivity contribution in [2.75, 3.05) is 26.2 Å². The molecule has 2 fully saturated rings. The molecule has 0 radical (unpaired) electrons. The third-order valence-corrected chi connectivity index (χ3v) is 4.47. The second-order valence-electron chi connectivity index (χ2n) is 5.77. The number of benzene rings is 1. The summed E-state index contributed by atoms with van der Waals surface area (Å²) >= 11 is 0. The lowest BCUT2D eigenvalue weighted by Gasteiger charge is -2.41. The zero-order valence-corrected chi connectivity index (χ0v) is 12.0. The summed E-state index contributed by atoms with van der Waals surface area (Å²) in [6.07, 6.45) is 2.25. The number of nitrogens with zero attached hydrogens (tertiary/aromatic N) is 2. The summed E-state index contributed by atoms with van der Waals surface area (Å²) < 4.78 is 5.43. The van der Waals surface area contributed by atoms with Crippen LogP contribution in [0.5, 0.6) is 0 Å². The van der Waals surface area contributed by atoms with E-state index in [4.69, 9.17) is 4.74 Å². The minimum atomic E-state index is -0.170. The van der Waals surface area contributed by atoms with Gasteiger partial charge in [0.1, 0.15) is 6.61 Å². The van der Waals surface area contributed by atoms with Crippen LogP contribution in [0.25, 0.3) is 0 Å². The van der Waals surface area contributed by atoms with Gasteiger partial charge in [0.2, 0.25) is 0 Å². The van der Waals surface area contributed by atoms with E-state index < -0.39 is 0 Å². The Morgan fingerprint density at radius 2 is 2.00 bits per heavy atom. The van der Waals surface area contributed by atoms with Gasteiger partial charge >= 0.3 is 6.09 Å². The largest absolute Gasteiger partial charge is 0.445 e. The molecule has 4 nitrogen and oxygen atoms in total. The van der Waals surface area contributed by atoms with E-state index >= 15 is 0 Å². The molecule has 1 aromatic rings. The van der Waals surface area contributed by atoms with Crippen molar-refractivity contribution in [2.24, 2.45) is 0 Å². The van der Waals surface area contributed by atoms with Gasteiger partial charge in [0.25, 0.3) is 0 Å². The molecule has 1 saturated carbocycles. The van der Waals surface area contributed by atoms with Crippen LogP contribution in [0.2, 0.25) is 0 Å². The summed E-state index contributed by atoms with van der Waals surface area (Å²) in [5, 5.41) is 0. The van der Waals surface area contributed by atoms with Crippen LogP contribution in [0.15, 0.2) is 30.3 Å². The molecule has 1 aliphatic heterocycles. The molecule has 108 valence electrons. The topological polar surface area (TPSA) is 32.8 Å². The Kier molecular flexibility index (Phi) is 3.66. The molecule has 20 heavy (non-hydrogen) atoms. The van der Waals surface area contributed by atoms with E-state index in [9.17, 15) is 4.79 Å². The minimum absolute atomic E-state index is 0.170. The number of carbonyl (C=O) groups is 1. The SMILES string of the molecule is CCN1CCN(C(=O)OCc2ccccc2)CC12CC2. The van der Waals surface area contributed by atoms with Crippen LogP contribution in [-0.4, -0.2) is 47.6 Å². The molecule has 0 unspecified atom stereocenters. The van der Waals surface area contributed by atoms with E-state index in [0.717, 1.165) is 31.7 Å². The van der Waals surface area contributed by atoms with E-state index in [1.54, 1.807) is 0 Å². The van der Waals surface area contributed by atoms with Gasteiger partial charge in [0.15, 0.2) is 0 Å². The zero-order chi connectivity index (χ0) is 14.0. The molecule has 1 heterocycles. The first-order valence-corrected chi connectivity index (χ1v) is 7.44. The molecule has 1 aromatic carbocycles. The van der Waals surface area contributed by atoms with E-state index in [1.165, 1.54) is 12.8 Å². The summed E-state index contributed by atoms with van der Waals surface area (Å²) in [5.41, 5.74) is 1.30. The molecule has 1 saturated heterocycles. The van der Waals surface area contributed by atoms with Gasteiger partial charge in [-0.15, -0.1) is 0 Å². The highest BCUT2D eigenvalue weighted by molar-refractivity contribution is 5.68. The lowest BCUT2D eigenvalue weighted by Crippen LogP contribution is -2.56. The van der Waals surface area contributed by atoms with Crippen molar-refractivity contribution < 1.29 is 9.53 Å². The molecule has 0 bridgehead atoms. The highest BCUT2D eigenvalue weighted by Crippen LogP contribution is 2.44. The number of likely N-dealkylation sites (N-methyl/N-ethyl adjacent to an activating group) is 1. The number of hydrogen-bond donors (Lipinski definition) is 0. The van der Waals surface area contributed by atoms with E-state index in [-0.39, 0.29) is 11.6 Å². The zero-order valence-electron chi connectivity index (χ0n) is 12.0. The van der Waals surface area contributed by atoms with Crippen molar-refractivity contribution in [1.29, 1.82) is 0 Å². The molecule has 1 aliphatic carbocycles. The number of amides is 1. The fraction of sp³-hybridized carbons (Fsp3) is 0.562. The molecule has 0 atom stereocenters. The second kappa shape index (κ2) is 5.44. The van der Waals surface area contributed by atoms with E-state index in [2.05, 4.69) is 11.8 Å². The highest BCUT2D eigenvalue weighted by atomic mass is 16.6. The average molecular weight is 274 g/mol. The maximum absolute atomic E-state index is 12.2. The van der Waals surface area contributed by atoms with Gasteiger partial charge < -0.3 is 9.64 Å². The van der Waals surface area contributed by atoms with Crippen molar-refractivity contribution in [1.82, 2.24) is 9.80 Å². The van der Waals surface area contributed by atoms with Crippen LogP contribution < -0.4 is 0 Å². The summed E-state index contributed by atoms with van der Waals surface area (Å²) in [5.74, 6) is 0. The average Bonchev–Trinajstić information content (AvgIpc) is 3.25. The van der Waals surface area contributed by atoms with Crippen LogP contribution in [0, 0.1) is 0 Å². The van der Waals surface area contributed by atoms with Crippen molar-refractivity contribution in [3.63, 3.8) is 0 Å². The number of rotatable bonds is 3. The monoisotopic (exact) mass is 274 g/mol. The first-order valence-electron chi connectivity index (χ1n) is 7.44. The van der Waals surface area contributed by atoms with Gasteiger partial charge in [0.05, 0.1) is 0 Å². The summed E-state index contributed by atoms with van der Waals surface area (Å²) in [6.45, 7) is 6.21. The second-order valence-corrected chi connectivity index (χ2v) is 5.77. The van der Waals surface area contributed by atoms with Crippen LogP contribution >= 0.6 is 0 Å². The Balaban J connectivity index is 1.53. The third kappa shape index (κ3) is 2.66. The van der Waals surface area contributed by atoms with Gasteiger partial charge in [-0.05, 0) is 24.9 Å². The first-order chi connectivity index (χ1) is 9.73. The van der Waals surface area contributed by atoms with E-state index in [1.807, 2.05) is 35.2 Å². The van der Waals surface area contributed by atoms with Crippen molar-refractivity contribution in [3.8, 4) is 0 Å². The maximum Gasteiger partial charge on any atom is 0.410 e. The summed E-state index contributed by atoms with van der Waals surface area (Å²) in [6, 6.07) is 9.84. The Morgan fingerprint density at radius 1 is 1.25 bits per heavy atom. The molecule has 0 aromatic heterocycles. The number of ether oxygens (including phenoxy) is 1. The van der Waals surface area contributed by atoms with Gasteiger partial charge in [0, 0.05) is 25.2 Å². The van der Waals surface area contributed by atoms with Crippen molar-refractivity contribution in [3.05, 3.63) is 35.9 Å². The van der Waals surface area contributed by atoms with Gasteiger partial charge in [-0.1, -0.05) is 37.3 Å². The predicted molar refractivity (Wildman–Crippen MR) is 77.4 cm³/mol. The molecule has 1 amide bonds. The molecular formula is C16H22N2O2. The first kappa shape index (κ1) is 13.4. The predicted octanol–water partition coefficient (Wildman–Crippen LogP) is 2.49. The third-order valence-electron chi connectivity index (χ3n) is 4.47. The van der Waals surface area contributed by atoms with Crippen LogP contribution in [-0.2, 0) is 11.3 Å². The van der Waals surface area contributed by atoms with Gasteiger partial charge in [-0.2, -0.15) is 0 Å². The molecule has 2 aliphatic rings.